The first-order valence-corrected chi connectivity index (χ1v) is 10.4. The first-order chi connectivity index (χ1) is 15.2. The molecule has 1 aliphatic rings. The highest BCUT2D eigenvalue weighted by molar-refractivity contribution is 6.34. The van der Waals surface area contributed by atoms with Crippen LogP contribution in [0.4, 0.5) is 19.0 Å². The molecule has 6 nitrogen and oxygen atoms in total. The Morgan fingerprint density at radius 1 is 1.25 bits per heavy atom. The fourth-order valence-electron chi connectivity index (χ4n) is 3.73. The van der Waals surface area contributed by atoms with Crippen LogP contribution in [0.1, 0.15) is 46.1 Å². The van der Waals surface area contributed by atoms with E-state index in [0.717, 1.165) is 28.8 Å². The van der Waals surface area contributed by atoms with Crippen molar-refractivity contribution in [1.29, 1.82) is 0 Å². The number of benzene rings is 1. The Balaban J connectivity index is 1.67. The van der Waals surface area contributed by atoms with E-state index in [1.54, 1.807) is 12.1 Å². The predicted molar refractivity (Wildman–Crippen MR) is 114 cm³/mol. The number of nitrogens with zero attached hydrogens (tertiary/aromatic N) is 3. The number of ether oxygens (including phenoxy) is 1. The zero-order chi connectivity index (χ0) is 23.0. The van der Waals surface area contributed by atoms with Crippen LogP contribution in [0.25, 0.3) is 10.9 Å². The van der Waals surface area contributed by atoms with Gasteiger partial charge in [-0.3, -0.25) is 9.78 Å². The van der Waals surface area contributed by atoms with Crippen LogP contribution in [-0.4, -0.2) is 27.3 Å². The Labute approximate surface area is 187 Å². The van der Waals surface area contributed by atoms with Crippen LogP contribution in [0, 0.1) is 0 Å². The van der Waals surface area contributed by atoms with Crippen molar-refractivity contribution in [3.05, 3.63) is 63.4 Å². The molecule has 3 aromatic rings. The van der Waals surface area contributed by atoms with Gasteiger partial charge in [-0.2, -0.15) is 13.2 Å². The third-order valence-electron chi connectivity index (χ3n) is 5.33. The number of amides is 1. The number of hydrogen-bond acceptors (Lipinski definition) is 5. The number of carbonyl (C=O) groups excluding carboxylic acids is 1. The molecule has 10 heteroatoms. The maximum Gasteiger partial charge on any atom is 0.417 e. The van der Waals surface area contributed by atoms with Crippen LogP contribution in [-0.2, 0) is 30.7 Å². The van der Waals surface area contributed by atoms with Crippen LogP contribution < -0.4 is 5.73 Å². The molecule has 0 fully saturated rings. The molecule has 2 N–H and O–H groups in total. The van der Waals surface area contributed by atoms with E-state index in [0.29, 0.717) is 43.2 Å². The highest BCUT2D eigenvalue weighted by atomic mass is 35.5. The van der Waals surface area contributed by atoms with E-state index >= 15 is 0 Å². The van der Waals surface area contributed by atoms with E-state index in [9.17, 15) is 18.0 Å². The smallest absolute Gasteiger partial charge is 0.383 e. The molecule has 3 heterocycles. The molecular weight excluding hydrogens is 445 g/mol. The Kier molecular flexibility index (Phi) is 5.96. The molecule has 1 amide bonds. The monoisotopic (exact) mass is 464 g/mol. The third-order valence-corrected chi connectivity index (χ3v) is 5.65. The van der Waals surface area contributed by atoms with Gasteiger partial charge in [0.1, 0.15) is 5.82 Å². The standard InChI is InChI=1S/C22H20ClF3N4O2/c1-2-5-30(9-13-4-3-12(8-28-13)22(24,25)26)21(31)15-6-14-16-10-32-11-17(16)20(27)29-19(14)7-18(15)23/h3-4,6-8H,2,5,9-11H2,1H3,(H2,27,29). The zero-order valence-corrected chi connectivity index (χ0v) is 17.9. The molecule has 0 unspecified atom stereocenters. The number of aromatic nitrogens is 2. The van der Waals surface area contributed by atoms with Gasteiger partial charge in [0.05, 0.1) is 47.1 Å². The number of anilines is 1. The molecule has 0 spiro atoms. The normalized spacial score (nSPS) is 13.4. The minimum absolute atomic E-state index is 0.0559. The summed E-state index contributed by atoms with van der Waals surface area (Å²) in [7, 11) is 0. The minimum Gasteiger partial charge on any atom is -0.383 e. The van der Waals surface area contributed by atoms with E-state index in [2.05, 4.69) is 9.97 Å². The van der Waals surface area contributed by atoms with E-state index in [1.165, 1.54) is 11.0 Å². The van der Waals surface area contributed by atoms with Gasteiger partial charge in [-0.05, 0) is 36.2 Å². The molecule has 1 aromatic carbocycles. The first kappa shape index (κ1) is 22.3. The van der Waals surface area contributed by atoms with Crippen molar-refractivity contribution in [3.8, 4) is 0 Å². The van der Waals surface area contributed by atoms with Gasteiger partial charge in [-0.15, -0.1) is 0 Å². The van der Waals surface area contributed by atoms with Crippen molar-refractivity contribution in [2.75, 3.05) is 12.3 Å². The number of carbonyl (C=O) groups is 1. The molecule has 2 aromatic heterocycles. The Morgan fingerprint density at radius 2 is 2.00 bits per heavy atom. The summed E-state index contributed by atoms with van der Waals surface area (Å²) in [5.74, 6) is 0.0334. The molecule has 4 rings (SSSR count). The number of halogens is 4. The maximum atomic E-state index is 13.4. The van der Waals surface area contributed by atoms with Crippen molar-refractivity contribution in [2.45, 2.75) is 39.3 Å². The molecule has 0 atom stereocenters. The third kappa shape index (κ3) is 4.22. The lowest BCUT2D eigenvalue weighted by Gasteiger charge is -2.23. The second-order valence-corrected chi connectivity index (χ2v) is 7.97. The predicted octanol–water partition coefficient (Wildman–Crippen LogP) is 4.97. The van der Waals surface area contributed by atoms with Gasteiger partial charge in [0.2, 0.25) is 0 Å². The van der Waals surface area contributed by atoms with Gasteiger partial charge in [0.15, 0.2) is 0 Å². The minimum atomic E-state index is -4.47. The summed E-state index contributed by atoms with van der Waals surface area (Å²) in [6, 6.07) is 5.51. The Bertz CT molecular complexity index is 1180. The van der Waals surface area contributed by atoms with Crippen molar-refractivity contribution < 1.29 is 22.7 Å². The highest BCUT2D eigenvalue weighted by Gasteiger charge is 2.31. The number of alkyl halides is 3. The highest BCUT2D eigenvalue weighted by Crippen LogP contribution is 2.34. The molecule has 0 saturated carbocycles. The average Bonchev–Trinajstić information content (AvgIpc) is 3.23. The molecule has 0 bridgehead atoms. The van der Waals surface area contributed by atoms with Crippen molar-refractivity contribution >= 4 is 34.2 Å². The number of nitrogen functional groups attached to an aromatic ring is 1. The summed E-state index contributed by atoms with van der Waals surface area (Å²) >= 11 is 6.42. The van der Waals surface area contributed by atoms with Gasteiger partial charge < -0.3 is 15.4 Å². The molecular formula is C22H20ClF3N4O2. The van der Waals surface area contributed by atoms with Crippen LogP contribution in [0.3, 0.4) is 0 Å². The number of pyridine rings is 2. The summed E-state index contributed by atoms with van der Waals surface area (Å²) in [5.41, 5.74) is 8.05. The molecule has 168 valence electrons. The average molecular weight is 465 g/mol. The van der Waals surface area contributed by atoms with Crippen LogP contribution in [0.15, 0.2) is 30.5 Å². The summed E-state index contributed by atoms with van der Waals surface area (Å²) in [5, 5.41) is 0.957. The van der Waals surface area contributed by atoms with Crippen molar-refractivity contribution in [2.24, 2.45) is 0 Å². The van der Waals surface area contributed by atoms with E-state index in [4.69, 9.17) is 22.1 Å². The van der Waals surface area contributed by atoms with Crippen molar-refractivity contribution in [1.82, 2.24) is 14.9 Å². The summed E-state index contributed by atoms with van der Waals surface area (Å²) < 4.78 is 43.9. The summed E-state index contributed by atoms with van der Waals surface area (Å²) in [6.07, 6.45) is -3.05. The first-order valence-electron chi connectivity index (χ1n) is 9.98. The Morgan fingerprint density at radius 3 is 2.66 bits per heavy atom. The number of fused-ring (bicyclic) bond motifs is 3. The zero-order valence-electron chi connectivity index (χ0n) is 17.2. The van der Waals surface area contributed by atoms with Gasteiger partial charge in [0.25, 0.3) is 5.91 Å². The van der Waals surface area contributed by atoms with Gasteiger partial charge in [-0.25, -0.2) is 4.98 Å². The lowest BCUT2D eigenvalue weighted by molar-refractivity contribution is -0.137. The maximum absolute atomic E-state index is 13.4. The summed E-state index contributed by atoms with van der Waals surface area (Å²) in [6.45, 7) is 3.07. The molecule has 0 radical (unpaired) electrons. The molecule has 0 saturated heterocycles. The van der Waals surface area contributed by atoms with Gasteiger partial charge in [-0.1, -0.05) is 18.5 Å². The SMILES string of the molecule is CCCN(Cc1ccc(C(F)(F)F)cn1)C(=O)c1cc2c3c(c(N)nc2cc1Cl)COC3. The number of nitrogens with two attached hydrogens (primary N) is 1. The number of hydrogen-bond donors (Lipinski definition) is 1. The largest absolute Gasteiger partial charge is 0.417 e. The molecule has 1 aliphatic heterocycles. The van der Waals surface area contributed by atoms with Crippen LogP contribution in [0.2, 0.25) is 5.02 Å². The van der Waals surface area contributed by atoms with E-state index in [-0.39, 0.29) is 23.0 Å². The lowest BCUT2D eigenvalue weighted by atomic mass is 10.0. The van der Waals surface area contributed by atoms with Gasteiger partial charge >= 0.3 is 6.18 Å². The molecule has 0 aliphatic carbocycles. The topological polar surface area (TPSA) is 81.3 Å². The van der Waals surface area contributed by atoms with E-state index in [1.807, 2.05) is 6.92 Å². The van der Waals surface area contributed by atoms with E-state index < -0.39 is 11.7 Å². The fraction of sp³-hybridized carbons (Fsp3) is 0.318. The van der Waals surface area contributed by atoms with Gasteiger partial charge in [0, 0.05) is 23.7 Å². The lowest BCUT2D eigenvalue weighted by Crippen LogP contribution is -2.32. The Hall–Kier alpha value is -2.91. The fourth-order valence-corrected chi connectivity index (χ4v) is 3.97. The second-order valence-electron chi connectivity index (χ2n) is 7.56. The summed E-state index contributed by atoms with van der Waals surface area (Å²) in [4.78, 5) is 23.1. The second kappa shape index (κ2) is 8.55. The van der Waals surface area contributed by atoms with Crippen molar-refractivity contribution in [3.63, 3.8) is 0 Å². The van der Waals surface area contributed by atoms with Crippen LogP contribution in [0.5, 0.6) is 0 Å². The van der Waals surface area contributed by atoms with Crippen LogP contribution >= 0.6 is 11.6 Å². The molecule has 32 heavy (non-hydrogen) atoms. The number of rotatable bonds is 5. The quantitative estimate of drug-likeness (QED) is 0.576.